The van der Waals surface area contributed by atoms with Crippen molar-refractivity contribution in [2.24, 2.45) is 0 Å². The first-order chi connectivity index (χ1) is 13.7. The number of ether oxygens (including phenoxy) is 2. The SMILES string of the molecule is CC.COc1ccc(-c2cc(/C=C3\Cc4ccccc4C3=O)[nH]n2)cc1OC. The molecule has 0 amide bonds. The van der Waals surface area contributed by atoms with Crippen LogP contribution >= 0.6 is 0 Å². The number of rotatable bonds is 4. The van der Waals surface area contributed by atoms with Crippen LogP contribution in [0.15, 0.2) is 54.1 Å². The third kappa shape index (κ3) is 3.69. The Morgan fingerprint density at radius 1 is 1.00 bits per heavy atom. The number of fused-ring (bicyclic) bond motifs is 1. The van der Waals surface area contributed by atoms with E-state index in [9.17, 15) is 4.79 Å². The first-order valence-electron chi connectivity index (χ1n) is 9.30. The molecule has 0 aliphatic heterocycles. The Labute approximate surface area is 165 Å². The van der Waals surface area contributed by atoms with Gasteiger partial charge in [0.05, 0.1) is 25.6 Å². The summed E-state index contributed by atoms with van der Waals surface area (Å²) in [5, 5.41) is 7.35. The van der Waals surface area contributed by atoms with Crippen molar-refractivity contribution in [1.29, 1.82) is 0 Å². The Morgan fingerprint density at radius 2 is 1.75 bits per heavy atom. The summed E-state index contributed by atoms with van der Waals surface area (Å²) < 4.78 is 10.6. The van der Waals surface area contributed by atoms with Crippen molar-refractivity contribution in [3.8, 4) is 22.8 Å². The Morgan fingerprint density at radius 3 is 2.46 bits per heavy atom. The van der Waals surface area contributed by atoms with Crippen molar-refractivity contribution in [3.05, 3.63) is 70.9 Å². The minimum Gasteiger partial charge on any atom is -0.493 e. The quantitative estimate of drug-likeness (QED) is 0.655. The van der Waals surface area contributed by atoms with E-state index in [1.54, 1.807) is 14.2 Å². The van der Waals surface area contributed by atoms with E-state index in [-0.39, 0.29) is 5.78 Å². The number of carbonyl (C=O) groups is 1. The number of aromatic nitrogens is 2. The molecule has 0 saturated carbocycles. The van der Waals surface area contributed by atoms with Gasteiger partial charge in [0.1, 0.15) is 0 Å². The first kappa shape index (κ1) is 19.4. The summed E-state index contributed by atoms with van der Waals surface area (Å²) in [6.07, 6.45) is 2.53. The van der Waals surface area contributed by atoms with Gasteiger partial charge >= 0.3 is 0 Å². The molecule has 4 rings (SSSR count). The Hall–Kier alpha value is -3.34. The van der Waals surface area contributed by atoms with Crippen LogP contribution in [0.25, 0.3) is 17.3 Å². The molecule has 5 nitrogen and oxygen atoms in total. The van der Waals surface area contributed by atoms with Gasteiger partial charge in [0.25, 0.3) is 0 Å². The van der Waals surface area contributed by atoms with E-state index in [1.165, 1.54) is 0 Å². The van der Waals surface area contributed by atoms with E-state index in [4.69, 9.17) is 9.47 Å². The highest BCUT2D eigenvalue weighted by Crippen LogP contribution is 2.32. The van der Waals surface area contributed by atoms with E-state index in [0.29, 0.717) is 17.9 Å². The summed E-state index contributed by atoms with van der Waals surface area (Å²) in [6.45, 7) is 4.00. The maximum atomic E-state index is 12.5. The van der Waals surface area contributed by atoms with E-state index in [0.717, 1.165) is 33.7 Å². The minimum atomic E-state index is 0.0860. The predicted molar refractivity (Wildman–Crippen MR) is 111 cm³/mol. The molecule has 144 valence electrons. The van der Waals surface area contributed by atoms with Gasteiger partial charge < -0.3 is 9.47 Å². The lowest BCUT2D eigenvalue weighted by atomic mass is 10.1. The monoisotopic (exact) mass is 376 g/mol. The number of aromatic amines is 1. The van der Waals surface area contributed by atoms with Gasteiger partial charge in [-0.3, -0.25) is 9.89 Å². The van der Waals surface area contributed by atoms with Crippen LogP contribution in [0, 0.1) is 0 Å². The molecule has 1 aliphatic rings. The van der Waals surface area contributed by atoms with Gasteiger partial charge in [0, 0.05) is 23.1 Å². The molecule has 0 unspecified atom stereocenters. The second-order valence-corrected chi connectivity index (χ2v) is 6.11. The second kappa shape index (κ2) is 8.57. The summed E-state index contributed by atoms with van der Waals surface area (Å²) in [6, 6.07) is 15.3. The number of ketones is 1. The van der Waals surface area contributed by atoms with Crippen molar-refractivity contribution in [2.45, 2.75) is 20.3 Å². The van der Waals surface area contributed by atoms with Crippen LogP contribution in [-0.4, -0.2) is 30.2 Å². The van der Waals surface area contributed by atoms with E-state index in [1.807, 2.05) is 68.5 Å². The van der Waals surface area contributed by atoms with Crippen LogP contribution in [0.5, 0.6) is 11.5 Å². The zero-order chi connectivity index (χ0) is 20.1. The minimum absolute atomic E-state index is 0.0860. The number of H-pyrrole nitrogens is 1. The maximum absolute atomic E-state index is 12.5. The molecule has 3 aromatic rings. The summed E-state index contributed by atoms with van der Waals surface area (Å²) in [5.74, 6) is 1.40. The summed E-state index contributed by atoms with van der Waals surface area (Å²) in [4.78, 5) is 12.5. The molecule has 0 bridgehead atoms. The van der Waals surface area contributed by atoms with Gasteiger partial charge in [-0.1, -0.05) is 38.1 Å². The fraction of sp³-hybridized carbons (Fsp3) is 0.217. The molecule has 1 N–H and O–H groups in total. The fourth-order valence-electron chi connectivity index (χ4n) is 3.21. The smallest absolute Gasteiger partial charge is 0.189 e. The number of allylic oxidation sites excluding steroid dienone is 1. The van der Waals surface area contributed by atoms with Crippen molar-refractivity contribution in [3.63, 3.8) is 0 Å². The molecule has 0 saturated heterocycles. The third-order valence-corrected chi connectivity index (χ3v) is 4.54. The third-order valence-electron chi connectivity index (χ3n) is 4.54. The molecule has 5 heteroatoms. The lowest BCUT2D eigenvalue weighted by molar-refractivity contribution is 0.104. The highest BCUT2D eigenvalue weighted by molar-refractivity contribution is 6.15. The molecule has 0 radical (unpaired) electrons. The van der Waals surface area contributed by atoms with Crippen LogP contribution < -0.4 is 9.47 Å². The van der Waals surface area contributed by atoms with Crippen LogP contribution in [-0.2, 0) is 6.42 Å². The Kier molecular flexibility index (Phi) is 5.94. The molecule has 28 heavy (non-hydrogen) atoms. The largest absolute Gasteiger partial charge is 0.493 e. The summed E-state index contributed by atoms with van der Waals surface area (Å²) in [7, 11) is 3.21. The number of benzene rings is 2. The number of carbonyl (C=O) groups excluding carboxylic acids is 1. The topological polar surface area (TPSA) is 64.2 Å². The van der Waals surface area contributed by atoms with Gasteiger partial charge in [-0.15, -0.1) is 0 Å². The number of hydrogen-bond acceptors (Lipinski definition) is 4. The summed E-state index contributed by atoms with van der Waals surface area (Å²) >= 11 is 0. The highest BCUT2D eigenvalue weighted by Gasteiger charge is 2.24. The molecule has 1 heterocycles. The maximum Gasteiger partial charge on any atom is 0.189 e. The number of methoxy groups -OCH3 is 2. The van der Waals surface area contributed by atoms with Crippen LogP contribution in [0.3, 0.4) is 0 Å². The number of nitrogens with one attached hydrogen (secondary N) is 1. The number of Topliss-reactive ketones (excluding diaryl/α,β-unsaturated/α-hetero) is 1. The van der Waals surface area contributed by atoms with Crippen molar-refractivity contribution < 1.29 is 14.3 Å². The lowest BCUT2D eigenvalue weighted by Gasteiger charge is -2.08. The average Bonchev–Trinajstić information content (AvgIpc) is 3.34. The number of nitrogens with zero attached hydrogens (tertiary/aromatic N) is 1. The number of hydrogen-bond donors (Lipinski definition) is 1. The molecule has 1 aliphatic carbocycles. The van der Waals surface area contributed by atoms with Gasteiger partial charge in [-0.05, 0) is 35.9 Å². The van der Waals surface area contributed by atoms with Crippen molar-refractivity contribution in [1.82, 2.24) is 10.2 Å². The van der Waals surface area contributed by atoms with Crippen molar-refractivity contribution in [2.75, 3.05) is 14.2 Å². The average molecular weight is 376 g/mol. The zero-order valence-corrected chi connectivity index (χ0v) is 16.6. The van der Waals surface area contributed by atoms with E-state index >= 15 is 0 Å². The Balaban J connectivity index is 0.00000109. The lowest BCUT2D eigenvalue weighted by Crippen LogP contribution is -1.94. The first-order valence-corrected chi connectivity index (χ1v) is 9.30. The Bertz CT molecular complexity index is 1020. The van der Waals surface area contributed by atoms with Crippen molar-refractivity contribution >= 4 is 11.9 Å². The molecule has 0 spiro atoms. The van der Waals surface area contributed by atoms with Gasteiger partial charge in [0.2, 0.25) is 0 Å². The van der Waals surface area contributed by atoms with Gasteiger partial charge in [-0.25, -0.2) is 0 Å². The van der Waals surface area contributed by atoms with Gasteiger partial charge in [-0.2, -0.15) is 5.10 Å². The molecular formula is C23H24N2O3. The van der Waals surface area contributed by atoms with Gasteiger partial charge in [0.15, 0.2) is 17.3 Å². The van der Waals surface area contributed by atoms with Crippen LogP contribution in [0.2, 0.25) is 0 Å². The van der Waals surface area contributed by atoms with Crippen LogP contribution in [0.4, 0.5) is 0 Å². The fourth-order valence-corrected chi connectivity index (χ4v) is 3.21. The van der Waals surface area contributed by atoms with Crippen LogP contribution in [0.1, 0.15) is 35.5 Å². The molecular weight excluding hydrogens is 352 g/mol. The highest BCUT2D eigenvalue weighted by atomic mass is 16.5. The second-order valence-electron chi connectivity index (χ2n) is 6.11. The molecule has 2 aromatic carbocycles. The zero-order valence-electron chi connectivity index (χ0n) is 16.6. The molecule has 1 aromatic heterocycles. The van der Waals surface area contributed by atoms with E-state index < -0.39 is 0 Å². The molecule has 0 fully saturated rings. The molecule has 0 atom stereocenters. The van der Waals surface area contributed by atoms with E-state index in [2.05, 4.69) is 10.2 Å². The summed E-state index contributed by atoms with van der Waals surface area (Å²) in [5.41, 5.74) is 5.12. The predicted octanol–water partition coefficient (Wildman–Crippen LogP) is 4.94. The standard InChI is InChI=1S/C21H18N2O3.C2H6/c1-25-19-8-7-14(11-20(19)26-2)18-12-16(22-23-18)10-15-9-13-5-3-4-6-17(13)21(15)24;1-2/h3-8,10-12H,9H2,1-2H3,(H,22,23);1-2H3/b15-10+;. The normalized spacial score (nSPS) is 13.7.